The number of anilines is 2. The number of nitrogen functional groups attached to an aromatic ring is 1. The van der Waals surface area contributed by atoms with E-state index in [2.05, 4.69) is 24.0 Å². The molecule has 0 aromatic heterocycles. The molecule has 1 saturated carbocycles. The SMILES string of the molecule is Cc1ccc(N)cc1N1CC2(CCCC2)C1. The predicted octanol–water partition coefficient (Wildman–Crippen LogP) is 2.96. The highest BCUT2D eigenvalue weighted by molar-refractivity contribution is 5.62. The zero-order chi connectivity index (χ0) is 11.2. The van der Waals surface area contributed by atoms with Gasteiger partial charge in [-0.1, -0.05) is 18.9 Å². The maximum absolute atomic E-state index is 5.86. The van der Waals surface area contributed by atoms with Crippen molar-refractivity contribution in [1.82, 2.24) is 0 Å². The molecule has 2 nitrogen and oxygen atoms in total. The molecule has 16 heavy (non-hydrogen) atoms. The van der Waals surface area contributed by atoms with E-state index in [1.807, 2.05) is 6.07 Å². The molecule has 1 heterocycles. The summed E-state index contributed by atoms with van der Waals surface area (Å²) in [6.07, 6.45) is 5.74. The van der Waals surface area contributed by atoms with Crippen molar-refractivity contribution in [2.45, 2.75) is 32.6 Å². The Labute approximate surface area is 97.4 Å². The van der Waals surface area contributed by atoms with E-state index in [1.54, 1.807) is 0 Å². The van der Waals surface area contributed by atoms with Gasteiger partial charge in [-0.3, -0.25) is 0 Å². The summed E-state index contributed by atoms with van der Waals surface area (Å²) in [7, 11) is 0. The summed E-state index contributed by atoms with van der Waals surface area (Å²) in [5.41, 5.74) is 10.1. The molecule has 0 unspecified atom stereocenters. The summed E-state index contributed by atoms with van der Waals surface area (Å²) in [4.78, 5) is 2.50. The van der Waals surface area contributed by atoms with Crippen molar-refractivity contribution < 1.29 is 0 Å². The minimum absolute atomic E-state index is 0.664. The lowest BCUT2D eigenvalue weighted by molar-refractivity contribution is 0.222. The van der Waals surface area contributed by atoms with Crippen molar-refractivity contribution in [3.63, 3.8) is 0 Å². The Morgan fingerprint density at radius 1 is 1.19 bits per heavy atom. The van der Waals surface area contributed by atoms with Crippen LogP contribution < -0.4 is 10.6 Å². The second-order valence-corrected chi connectivity index (χ2v) is 5.61. The maximum atomic E-state index is 5.86. The molecule has 0 radical (unpaired) electrons. The molecule has 2 N–H and O–H groups in total. The first-order chi connectivity index (χ1) is 7.69. The largest absolute Gasteiger partial charge is 0.399 e. The Morgan fingerprint density at radius 2 is 1.88 bits per heavy atom. The molecule has 1 spiro atoms. The molecule has 1 aliphatic carbocycles. The smallest absolute Gasteiger partial charge is 0.0416 e. The molecule has 1 aromatic rings. The Kier molecular flexibility index (Phi) is 2.13. The molecule has 2 heteroatoms. The number of nitrogens with zero attached hydrogens (tertiary/aromatic N) is 1. The van der Waals surface area contributed by atoms with Crippen LogP contribution in [0.15, 0.2) is 18.2 Å². The van der Waals surface area contributed by atoms with Crippen LogP contribution in [0.2, 0.25) is 0 Å². The van der Waals surface area contributed by atoms with E-state index in [9.17, 15) is 0 Å². The van der Waals surface area contributed by atoms with Crippen LogP contribution in [0.25, 0.3) is 0 Å². The van der Waals surface area contributed by atoms with Crippen LogP contribution in [0.4, 0.5) is 11.4 Å². The van der Waals surface area contributed by atoms with Gasteiger partial charge in [0.25, 0.3) is 0 Å². The topological polar surface area (TPSA) is 29.3 Å². The Bertz CT molecular complexity index is 397. The van der Waals surface area contributed by atoms with Crippen molar-refractivity contribution in [2.24, 2.45) is 5.41 Å². The van der Waals surface area contributed by atoms with E-state index >= 15 is 0 Å². The van der Waals surface area contributed by atoms with Gasteiger partial charge in [-0.2, -0.15) is 0 Å². The summed E-state index contributed by atoms with van der Waals surface area (Å²) in [5.74, 6) is 0. The lowest BCUT2D eigenvalue weighted by Gasteiger charge is -2.50. The highest BCUT2D eigenvalue weighted by Gasteiger charge is 2.44. The van der Waals surface area contributed by atoms with Gasteiger partial charge in [0.2, 0.25) is 0 Å². The van der Waals surface area contributed by atoms with Crippen LogP contribution >= 0.6 is 0 Å². The molecular weight excluding hydrogens is 196 g/mol. The van der Waals surface area contributed by atoms with Gasteiger partial charge in [-0.05, 0) is 37.5 Å². The lowest BCUT2D eigenvalue weighted by Crippen LogP contribution is -2.55. The number of hydrogen-bond donors (Lipinski definition) is 1. The molecular formula is C14H20N2. The Balaban J connectivity index is 1.78. The predicted molar refractivity (Wildman–Crippen MR) is 68.7 cm³/mol. The van der Waals surface area contributed by atoms with Crippen LogP contribution in [-0.2, 0) is 0 Å². The van der Waals surface area contributed by atoms with Gasteiger partial charge < -0.3 is 10.6 Å². The standard InChI is InChI=1S/C14H20N2/c1-11-4-5-12(15)8-13(11)16-9-14(10-16)6-2-3-7-14/h4-5,8H,2-3,6-7,9-10,15H2,1H3. The van der Waals surface area contributed by atoms with E-state index in [0.29, 0.717) is 5.41 Å². The van der Waals surface area contributed by atoms with Crippen molar-refractivity contribution in [2.75, 3.05) is 23.7 Å². The molecule has 86 valence electrons. The van der Waals surface area contributed by atoms with Crippen molar-refractivity contribution in [1.29, 1.82) is 0 Å². The molecule has 1 saturated heterocycles. The summed E-state index contributed by atoms with van der Waals surface area (Å²) in [6.45, 7) is 4.67. The van der Waals surface area contributed by atoms with E-state index in [4.69, 9.17) is 5.73 Å². The quantitative estimate of drug-likeness (QED) is 0.731. The molecule has 3 rings (SSSR count). The van der Waals surface area contributed by atoms with Gasteiger partial charge in [0.15, 0.2) is 0 Å². The molecule has 0 amide bonds. The van der Waals surface area contributed by atoms with Crippen molar-refractivity contribution in [3.8, 4) is 0 Å². The fraction of sp³-hybridized carbons (Fsp3) is 0.571. The van der Waals surface area contributed by atoms with Gasteiger partial charge in [0, 0.05) is 29.9 Å². The maximum Gasteiger partial charge on any atom is 0.0416 e. The monoisotopic (exact) mass is 216 g/mol. The Morgan fingerprint density at radius 3 is 2.56 bits per heavy atom. The first kappa shape index (κ1) is 10.0. The fourth-order valence-electron chi connectivity index (χ4n) is 3.34. The molecule has 1 aromatic carbocycles. The summed E-state index contributed by atoms with van der Waals surface area (Å²) in [5, 5.41) is 0. The van der Waals surface area contributed by atoms with Crippen molar-refractivity contribution >= 4 is 11.4 Å². The van der Waals surface area contributed by atoms with Gasteiger partial charge in [0.05, 0.1) is 0 Å². The van der Waals surface area contributed by atoms with Crippen LogP contribution in [0.5, 0.6) is 0 Å². The number of benzene rings is 1. The lowest BCUT2D eigenvalue weighted by atomic mass is 9.78. The second kappa shape index (κ2) is 3.41. The number of rotatable bonds is 1. The van der Waals surface area contributed by atoms with E-state index in [1.165, 1.54) is 50.0 Å². The first-order valence-electron chi connectivity index (χ1n) is 6.30. The number of hydrogen-bond acceptors (Lipinski definition) is 2. The minimum Gasteiger partial charge on any atom is -0.399 e. The second-order valence-electron chi connectivity index (χ2n) is 5.61. The number of aryl methyl sites for hydroxylation is 1. The van der Waals surface area contributed by atoms with E-state index in [0.717, 1.165) is 5.69 Å². The Hall–Kier alpha value is -1.18. The zero-order valence-corrected chi connectivity index (χ0v) is 10.00. The van der Waals surface area contributed by atoms with Gasteiger partial charge in [0.1, 0.15) is 0 Å². The highest BCUT2D eigenvalue weighted by atomic mass is 15.2. The van der Waals surface area contributed by atoms with Gasteiger partial charge >= 0.3 is 0 Å². The molecule has 2 aliphatic rings. The summed E-state index contributed by atoms with van der Waals surface area (Å²) >= 11 is 0. The third-order valence-corrected chi connectivity index (χ3v) is 4.29. The van der Waals surface area contributed by atoms with Crippen molar-refractivity contribution in [3.05, 3.63) is 23.8 Å². The molecule has 1 aliphatic heterocycles. The van der Waals surface area contributed by atoms with Gasteiger partial charge in [-0.15, -0.1) is 0 Å². The average Bonchev–Trinajstić information content (AvgIpc) is 2.68. The summed E-state index contributed by atoms with van der Waals surface area (Å²) < 4.78 is 0. The third kappa shape index (κ3) is 1.48. The fourth-order valence-corrected chi connectivity index (χ4v) is 3.34. The summed E-state index contributed by atoms with van der Waals surface area (Å²) in [6, 6.07) is 6.24. The van der Waals surface area contributed by atoms with E-state index < -0.39 is 0 Å². The minimum atomic E-state index is 0.664. The van der Waals surface area contributed by atoms with Crippen LogP contribution in [0, 0.1) is 12.3 Å². The normalized spacial score (nSPS) is 22.4. The average molecular weight is 216 g/mol. The molecule has 0 bridgehead atoms. The highest BCUT2D eigenvalue weighted by Crippen LogP contribution is 2.47. The van der Waals surface area contributed by atoms with Crippen LogP contribution in [0.1, 0.15) is 31.2 Å². The first-order valence-corrected chi connectivity index (χ1v) is 6.30. The number of nitrogens with two attached hydrogens (primary N) is 1. The third-order valence-electron chi connectivity index (χ3n) is 4.29. The van der Waals surface area contributed by atoms with E-state index in [-0.39, 0.29) is 0 Å². The molecule has 0 atom stereocenters. The van der Waals surface area contributed by atoms with Crippen LogP contribution in [-0.4, -0.2) is 13.1 Å². The molecule has 2 fully saturated rings. The van der Waals surface area contributed by atoms with Crippen LogP contribution in [0.3, 0.4) is 0 Å². The van der Waals surface area contributed by atoms with Gasteiger partial charge in [-0.25, -0.2) is 0 Å². The zero-order valence-electron chi connectivity index (χ0n) is 10.00.